The van der Waals surface area contributed by atoms with E-state index < -0.39 is 48.4 Å². The highest BCUT2D eigenvalue weighted by Gasteiger charge is 2.67. The highest BCUT2D eigenvalue weighted by molar-refractivity contribution is 6.71. The Morgan fingerprint density at radius 2 is 1.68 bits per heavy atom. The van der Waals surface area contributed by atoms with E-state index in [1.54, 1.807) is 41.1 Å². The number of hydrogen-bond donors (Lipinski definition) is 2. The molecule has 14 heteroatoms. The molecule has 8 rings (SSSR count). The molecule has 0 aromatic heterocycles. The summed E-state index contributed by atoms with van der Waals surface area (Å²) in [6.07, 6.45) is 0.325. The largest absolute Gasteiger partial charge is 0.432 e. The third kappa shape index (κ3) is 6.75. The van der Waals surface area contributed by atoms with Gasteiger partial charge in [0.15, 0.2) is 13.9 Å². The highest BCUT2D eigenvalue weighted by atomic mass is 28.4. The molecule has 1 fully saturated rings. The first kappa shape index (κ1) is 38.3. The van der Waals surface area contributed by atoms with Crippen LogP contribution in [0.5, 0.6) is 0 Å². The van der Waals surface area contributed by atoms with Gasteiger partial charge >= 0.3 is 0 Å². The van der Waals surface area contributed by atoms with E-state index >= 15 is 4.79 Å². The number of amides is 3. The fourth-order valence-electron chi connectivity index (χ4n) is 9.39. The van der Waals surface area contributed by atoms with Crippen LogP contribution in [0.2, 0.25) is 18.6 Å². The molecule has 0 aliphatic carbocycles. The molecule has 1 saturated heterocycles. The predicted molar refractivity (Wildman–Crippen MR) is 216 cm³/mol. The summed E-state index contributed by atoms with van der Waals surface area (Å²) in [5.74, 6) is -1.48. The van der Waals surface area contributed by atoms with Gasteiger partial charge in [0.1, 0.15) is 0 Å². The van der Waals surface area contributed by atoms with Crippen LogP contribution in [-0.2, 0) is 44.2 Å². The number of non-ortho nitro benzene ring substituents is 1. The zero-order valence-electron chi connectivity index (χ0n) is 32.1. The van der Waals surface area contributed by atoms with E-state index in [2.05, 4.69) is 5.10 Å². The fourth-order valence-corrected chi connectivity index (χ4v) is 11.9. The van der Waals surface area contributed by atoms with Gasteiger partial charge in [0.2, 0.25) is 11.8 Å². The van der Waals surface area contributed by atoms with Crippen LogP contribution >= 0.6 is 0 Å². The molecule has 1 spiro atoms. The van der Waals surface area contributed by atoms with E-state index in [-0.39, 0.29) is 37.1 Å². The average molecular weight is 788 g/mol. The van der Waals surface area contributed by atoms with Crippen molar-refractivity contribution in [2.75, 3.05) is 16.5 Å². The number of hydrogen-bond acceptors (Lipinski definition) is 9. The third-order valence-corrected chi connectivity index (χ3v) is 14.6. The second-order valence-corrected chi connectivity index (χ2v) is 20.0. The minimum Gasteiger partial charge on any atom is -0.432 e. The Labute approximate surface area is 331 Å². The number of fused-ring (bicyclic) bond motifs is 3. The number of aliphatic hydroxyl groups is 1. The van der Waals surface area contributed by atoms with Gasteiger partial charge in [0.05, 0.1) is 53.7 Å². The Kier molecular flexibility index (Phi) is 9.92. The lowest BCUT2D eigenvalue weighted by molar-refractivity contribution is -0.385. The number of aliphatic hydroxyl groups excluding tert-OH is 1. The molecule has 0 radical (unpaired) electrons. The molecular formula is C43H45N5O8Si. The van der Waals surface area contributed by atoms with Crippen molar-refractivity contribution >= 4 is 48.8 Å². The van der Waals surface area contributed by atoms with E-state index in [1.165, 1.54) is 17.1 Å². The zero-order valence-corrected chi connectivity index (χ0v) is 33.1. The maximum absolute atomic E-state index is 15.0. The molecular weight excluding hydrogens is 743 g/mol. The van der Waals surface area contributed by atoms with E-state index in [9.17, 15) is 29.6 Å². The van der Waals surface area contributed by atoms with Crippen molar-refractivity contribution in [3.05, 3.63) is 135 Å². The van der Waals surface area contributed by atoms with Gasteiger partial charge in [-0.1, -0.05) is 73.7 Å². The molecule has 5 atom stereocenters. The first-order valence-corrected chi connectivity index (χ1v) is 22.4. The van der Waals surface area contributed by atoms with Crippen LogP contribution in [0.3, 0.4) is 0 Å². The lowest BCUT2D eigenvalue weighted by Crippen LogP contribution is -2.48. The van der Waals surface area contributed by atoms with Crippen LogP contribution in [0.15, 0.2) is 102 Å². The van der Waals surface area contributed by atoms with Crippen molar-refractivity contribution in [3.8, 4) is 0 Å². The molecule has 4 aliphatic heterocycles. The average Bonchev–Trinajstić information content (AvgIpc) is 3.63. The molecule has 4 heterocycles. The van der Waals surface area contributed by atoms with Crippen LogP contribution < -0.4 is 9.91 Å². The molecule has 4 aliphatic rings. The van der Waals surface area contributed by atoms with E-state index in [1.807, 2.05) is 73.7 Å². The number of benzene rings is 4. The van der Waals surface area contributed by atoms with Gasteiger partial charge in [0.25, 0.3) is 11.6 Å². The maximum Gasteiger partial charge on any atom is 0.269 e. The van der Waals surface area contributed by atoms with Gasteiger partial charge in [-0.15, -0.1) is 0 Å². The van der Waals surface area contributed by atoms with Crippen molar-refractivity contribution in [3.63, 3.8) is 0 Å². The fraction of sp³-hybridized carbons (Fsp3) is 0.349. The number of carbonyl (C=O) groups is 3. The topological polar surface area (TPSA) is 166 Å². The second-order valence-electron chi connectivity index (χ2n) is 16.0. The summed E-state index contributed by atoms with van der Waals surface area (Å²) in [4.78, 5) is 68.8. The summed E-state index contributed by atoms with van der Waals surface area (Å²) in [5.41, 5.74) is 3.39. The molecule has 0 bridgehead atoms. The van der Waals surface area contributed by atoms with Crippen LogP contribution in [-0.4, -0.2) is 70.2 Å². The number of rotatable bonds is 9. The molecule has 2 N–H and O–H groups in total. The first-order valence-electron chi connectivity index (χ1n) is 19.3. The molecule has 57 heavy (non-hydrogen) atoms. The Bertz CT molecular complexity index is 2280. The Hall–Kier alpha value is -5.54. The molecule has 0 unspecified atom stereocenters. The summed E-state index contributed by atoms with van der Waals surface area (Å²) >= 11 is 0. The van der Waals surface area contributed by atoms with E-state index in [0.717, 1.165) is 28.0 Å². The molecule has 0 saturated carbocycles. The van der Waals surface area contributed by atoms with Gasteiger partial charge < -0.3 is 24.4 Å². The quantitative estimate of drug-likeness (QED) is 0.122. The van der Waals surface area contributed by atoms with Crippen molar-refractivity contribution in [1.29, 1.82) is 0 Å². The number of nitro groups is 1. The Morgan fingerprint density at radius 3 is 2.37 bits per heavy atom. The number of ether oxygens (including phenoxy) is 1. The van der Waals surface area contributed by atoms with Crippen LogP contribution in [0, 0.1) is 16.0 Å². The number of carbonyl (C=O) groups excluding carboxylic acids is 3. The molecule has 294 valence electrons. The number of hydrazone groups is 1. The minimum absolute atomic E-state index is 0.0911. The lowest BCUT2D eigenvalue weighted by Gasteiger charge is -2.37. The van der Waals surface area contributed by atoms with Crippen molar-refractivity contribution < 1.29 is 33.9 Å². The zero-order chi connectivity index (χ0) is 40.2. The smallest absolute Gasteiger partial charge is 0.269 e. The predicted octanol–water partition coefficient (Wildman–Crippen LogP) is 5.81. The first-order chi connectivity index (χ1) is 27.3. The third-order valence-electron chi connectivity index (χ3n) is 12.1. The SMILES string of the molecule is C[C@H]1[C@H]([Si](C)(C)O)[C@@H](CC(=O)N2Cc3ccccc3C[C@H]2CO)O[C@]12C(=O)N(Cc1ccc(N3N=C(c4ccccc4)CCC3=O)cc1)c1ccc([N+](=O)[O-])cc12. The van der Waals surface area contributed by atoms with Crippen LogP contribution in [0.4, 0.5) is 17.1 Å². The molecule has 4 aromatic rings. The second kappa shape index (κ2) is 14.8. The van der Waals surface area contributed by atoms with E-state index in [0.29, 0.717) is 42.7 Å². The lowest BCUT2D eigenvalue weighted by atomic mass is 9.82. The molecule has 13 nitrogen and oxygen atoms in total. The van der Waals surface area contributed by atoms with Gasteiger partial charge in [-0.3, -0.25) is 24.5 Å². The summed E-state index contributed by atoms with van der Waals surface area (Å²) in [6.45, 7) is 5.52. The van der Waals surface area contributed by atoms with E-state index in [4.69, 9.17) is 4.74 Å². The Balaban J connectivity index is 1.10. The summed E-state index contributed by atoms with van der Waals surface area (Å²) in [5, 5.41) is 28.5. The number of nitrogens with zero attached hydrogens (tertiary/aromatic N) is 5. The summed E-state index contributed by atoms with van der Waals surface area (Å²) in [7, 11) is -3.17. The normalized spacial score (nSPS) is 24.4. The summed E-state index contributed by atoms with van der Waals surface area (Å²) < 4.78 is 6.85. The summed E-state index contributed by atoms with van der Waals surface area (Å²) in [6, 6.07) is 28.6. The van der Waals surface area contributed by atoms with Gasteiger partial charge in [-0.2, -0.15) is 5.10 Å². The minimum atomic E-state index is -3.17. The van der Waals surface area contributed by atoms with Crippen molar-refractivity contribution in [1.82, 2.24) is 4.90 Å². The van der Waals surface area contributed by atoms with Gasteiger partial charge in [0, 0.05) is 48.5 Å². The monoisotopic (exact) mass is 787 g/mol. The maximum atomic E-state index is 15.0. The number of nitro benzene ring substituents is 1. The molecule has 3 amide bonds. The molecule has 4 aromatic carbocycles. The van der Waals surface area contributed by atoms with Crippen molar-refractivity contribution in [2.45, 2.75) is 82.1 Å². The van der Waals surface area contributed by atoms with Gasteiger partial charge in [-0.25, -0.2) is 5.01 Å². The van der Waals surface area contributed by atoms with Crippen LogP contribution in [0.1, 0.15) is 54.0 Å². The van der Waals surface area contributed by atoms with Crippen molar-refractivity contribution in [2.24, 2.45) is 11.0 Å². The standard InChI is InChI=1S/C43H45N5O8Si/c1-27-41(57(2,3)55)38(23-40(51)45-25-31-12-8-7-11-30(31)21-34(45)26-49)56-43(27)35-22-33(48(53)54)17-19-37(35)46(42(43)52)24-28-13-15-32(16-14-28)47-39(50)20-18-36(44-47)29-9-5-4-6-10-29/h4-17,19,22,27,34,38,41,49,55H,18,20-21,23-26H2,1-3H3/t27-,34-,38+,41-,43+/m0/s1. The Morgan fingerprint density at radius 1 is 0.982 bits per heavy atom. The van der Waals surface area contributed by atoms with Gasteiger partial charge in [-0.05, 0) is 60.0 Å². The number of anilines is 2. The highest BCUT2D eigenvalue weighted by Crippen LogP contribution is 2.60. The van der Waals surface area contributed by atoms with Crippen LogP contribution in [0.25, 0.3) is 0 Å².